The lowest BCUT2D eigenvalue weighted by atomic mass is 9.91. The van der Waals surface area contributed by atoms with Gasteiger partial charge in [0.2, 0.25) is 17.1 Å². The zero-order chi connectivity index (χ0) is 27.3. The first kappa shape index (κ1) is 24.5. The van der Waals surface area contributed by atoms with Gasteiger partial charge in [0.25, 0.3) is 0 Å². The lowest BCUT2D eigenvalue weighted by Crippen LogP contribution is -2.37. The zero-order valence-corrected chi connectivity index (χ0v) is 21.4. The molecule has 0 saturated carbocycles. The number of benzene rings is 2. The maximum absolute atomic E-state index is 13.7. The van der Waals surface area contributed by atoms with Crippen LogP contribution in [0.3, 0.4) is 0 Å². The van der Waals surface area contributed by atoms with Crippen molar-refractivity contribution in [1.82, 2.24) is 9.88 Å². The molecule has 0 fully saturated rings. The molecule has 9 nitrogen and oxygen atoms in total. The average molecular weight is 527 g/mol. The molecule has 1 amide bonds. The van der Waals surface area contributed by atoms with Crippen LogP contribution in [0, 0.1) is 6.92 Å². The van der Waals surface area contributed by atoms with Crippen LogP contribution in [-0.4, -0.2) is 34.6 Å². The number of nitrogens with zero attached hydrogens (tertiary/aromatic N) is 1. The zero-order valence-electron chi connectivity index (χ0n) is 21.4. The van der Waals surface area contributed by atoms with Crippen molar-refractivity contribution in [1.29, 1.82) is 0 Å². The molecule has 0 aliphatic carbocycles. The number of aromatic amines is 1. The third-order valence-electron chi connectivity index (χ3n) is 7.38. The number of fused-ring (bicyclic) bond motifs is 4. The van der Waals surface area contributed by atoms with Crippen molar-refractivity contribution < 1.29 is 23.5 Å². The van der Waals surface area contributed by atoms with Crippen LogP contribution in [0.4, 0.5) is 0 Å². The van der Waals surface area contributed by atoms with E-state index in [-0.39, 0.29) is 34.8 Å². The molecule has 4 heterocycles. The van der Waals surface area contributed by atoms with E-state index in [0.717, 1.165) is 22.7 Å². The molecule has 5 aromatic rings. The molecular weight excluding hydrogens is 500 g/mol. The van der Waals surface area contributed by atoms with E-state index in [9.17, 15) is 19.5 Å². The third kappa shape index (κ3) is 4.25. The number of para-hydroxylation sites is 1. The van der Waals surface area contributed by atoms with Crippen LogP contribution >= 0.6 is 0 Å². The maximum atomic E-state index is 13.7. The van der Waals surface area contributed by atoms with Gasteiger partial charge in [0.15, 0.2) is 11.2 Å². The number of methoxy groups -OCH3 is 1. The Morgan fingerprint density at radius 1 is 1.15 bits per heavy atom. The Labute approximate surface area is 222 Å². The minimum Gasteiger partial charge on any atom is -0.502 e. The Kier molecular flexibility index (Phi) is 5.98. The second-order valence-corrected chi connectivity index (χ2v) is 9.77. The van der Waals surface area contributed by atoms with Crippen LogP contribution in [0.1, 0.15) is 40.7 Å². The summed E-state index contributed by atoms with van der Waals surface area (Å²) in [5.74, 6) is -1.38. The van der Waals surface area contributed by atoms with E-state index in [0.29, 0.717) is 30.8 Å². The first-order chi connectivity index (χ1) is 18.8. The van der Waals surface area contributed by atoms with E-state index >= 15 is 0 Å². The van der Waals surface area contributed by atoms with E-state index in [4.69, 9.17) is 13.6 Å². The Morgan fingerprint density at radius 3 is 2.79 bits per heavy atom. The molecule has 0 bridgehead atoms. The highest BCUT2D eigenvalue weighted by Gasteiger charge is 2.32. The molecule has 1 atom stereocenters. The Hall–Kier alpha value is -4.79. The number of ether oxygens (including phenoxy) is 1. The number of H-pyrrole nitrogens is 1. The summed E-state index contributed by atoms with van der Waals surface area (Å²) < 4.78 is 16.8. The second kappa shape index (κ2) is 9.50. The molecule has 1 aliphatic rings. The topological polar surface area (TPSA) is 126 Å². The monoisotopic (exact) mass is 526 g/mol. The standard InChI is InChI=1S/C30H26N2O7/c1-16-11-25(33)29(36)30(39-16)20(22-15-38-26-8-7-17(37-2)12-21(26)28(22)35)13-27(34)32-10-9-19-18-5-3-4-6-23(18)31-24(19)14-32/h3-8,11-12,15,20,31,36H,9-10,13-14H2,1-2H3. The Morgan fingerprint density at radius 2 is 1.97 bits per heavy atom. The Balaban J connectivity index is 1.41. The molecule has 0 radical (unpaired) electrons. The molecule has 3 aromatic heterocycles. The van der Waals surface area contributed by atoms with E-state index in [2.05, 4.69) is 11.1 Å². The van der Waals surface area contributed by atoms with Gasteiger partial charge in [-0.25, -0.2) is 0 Å². The van der Waals surface area contributed by atoms with Gasteiger partial charge in [-0.1, -0.05) is 18.2 Å². The molecule has 2 N–H and O–H groups in total. The Bertz CT molecular complexity index is 1860. The lowest BCUT2D eigenvalue weighted by Gasteiger charge is -2.28. The molecule has 39 heavy (non-hydrogen) atoms. The number of amides is 1. The number of aromatic nitrogens is 1. The van der Waals surface area contributed by atoms with Crippen LogP contribution in [-0.2, 0) is 17.8 Å². The molecule has 9 heteroatoms. The van der Waals surface area contributed by atoms with Crippen LogP contribution in [0.25, 0.3) is 21.9 Å². The number of aromatic hydroxyl groups is 1. The van der Waals surface area contributed by atoms with Crippen molar-refractivity contribution in [3.63, 3.8) is 0 Å². The molecule has 2 aromatic carbocycles. The summed E-state index contributed by atoms with van der Waals surface area (Å²) >= 11 is 0. The number of aryl methyl sites for hydroxylation is 1. The smallest absolute Gasteiger partial charge is 0.227 e. The predicted molar refractivity (Wildman–Crippen MR) is 144 cm³/mol. The minimum atomic E-state index is -1.05. The summed E-state index contributed by atoms with van der Waals surface area (Å²) in [7, 11) is 1.49. The minimum absolute atomic E-state index is 0.0939. The SMILES string of the molecule is COc1ccc2occ(C(CC(=O)N3CCc4c([nH]c5ccccc45)C3)c3oc(C)cc(=O)c3O)c(=O)c2c1. The fraction of sp³-hybridized carbons (Fsp3) is 0.233. The molecular formula is C30H26N2O7. The average Bonchev–Trinajstić information content (AvgIpc) is 3.32. The fourth-order valence-electron chi connectivity index (χ4n) is 5.41. The van der Waals surface area contributed by atoms with Gasteiger partial charge in [0.1, 0.15) is 17.1 Å². The number of nitrogens with one attached hydrogen (secondary N) is 1. The number of carbonyl (C=O) groups is 1. The summed E-state index contributed by atoms with van der Waals surface area (Å²) in [4.78, 5) is 44.9. The highest BCUT2D eigenvalue weighted by atomic mass is 16.5. The molecule has 6 rings (SSSR count). The van der Waals surface area contributed by atoms with Crippen LogP contribution in [0.2, 0.25) is 0 Å². The van der Waals surface area contributed by atoms with E-state index in [1.807, 2.05) is 18.2 Å². The molecule has 198 valence electrons. The maximum Gasteiger partial charge on any atom is 0.227 e. The van der Waals surface area contributed by atoms with Gasteiger partial charge in [-0.15, -0.1) is 0 Å². The summed E-state index contributed by atoms with van der Waals surface area (Å²) in [6, 6.07) is 14.0. The van der Waals surface area contributed by atoms with Crippen molar-refractivity contribution in [2.75, 3.05) is 13.7 Å². The normalized spacial score (nSPS) is 13.9. The quantitative estimate of drug-likeness (QED) is 0.349. The summed E-state index contributed by atoms with van der Waals surface area (Å²) in [6.07, 6.45) is 1.73. The van der Waals surface area contributed by atoms with Gasteiger partial charge < -0.3 is 28.6 Å². The third-order valence-corrected chi connectivity index (χ3v) is 7.38. The van der Waals surface area contributed by atoms with Crippen molar-refractivity contribution >= 4 is 27.8 Å². The molecule has 0 saturated heterocycles. The lowest BCUT2D eigenvalue weighted by molar-refractivity contribution is -0.132. The largest absolute Gasteiger partial charge is 0.502 e. The summed E-state index contributed by atoms with van der Waals surface area (Å²) in [5, 5.41) is 12.1. The van der Waals surface area contributed by atoms with Crippen molar-refractivity contribution in [3.05, 3.63) is 104 Å². The van der Waals surface area contributed by atoms with E-state index in [1.165, 1.54) is 18.9 Å². The van der Waals surface area contributed by atoms with Gasteiger partial charge in [-0.05, 0) is 43.2 Å². The number of hydrogen-bond donors (Lipinski definition) is 2. The van der Waals surface area contributed by atoms with Crippen molar-refractivity contribution in [3.8, 4) is 11.5 Å². The highest BCUT2D eigenvalue weighted by molar-refractivity contribution is 5.86. The van der Waals surface area contributed by atoms with Gasteiger partial charge in [0.05, 0.1) is 31.2 Å². The molecule has 1 unspecified atom stereocenters. The molecule has 1 aliphatic heterocycles. The van der Waals surface area contributed by atoms with Gasteiger partial charge in [-0.3, -0.25) is 14.4 Å². The number of hydrogen-bond acceptors (Lipinski definition) is 7. The summed E-state index contributed by atoms with van der Waals surface area (Å²) in [6.45, 7) is 2.44. The second-order valence-electron chi connectivity index (χ2n) is 9.77. The van der Waals surface area contributed by atoms with Gasteiger partial charge in [-0.2, -0.15) is 0 Å². The number of carbonyl (C=O) groups excluding carboxylic acids is 1. The van der Waals surface area contributed by atoms with Crippen LogP contribution in [0.5, 0.6) is 11.5 Å². The van der Waals surface area contributed by atoms with Gasteiger partial charge in [0, 0.05) is 41.2 Å². The van der Waals surface area contributed by atoms with Crippen LogP contribution in [0.15, 0.2) is 73.2 Å². The summed E-state index contributed by atoms with van der Waals surface area (Å²) in [5.41, 5.74) is 2.55. The first-order valence-corrected chi connectivity index (χ1v) is 12.6. The predicted octanol–water partition coefficient (Wildman–Crippen LogP) is 4.36. The first-order valence-electron chi connectivity index (χ1n) is 12.6. The molecule has 0 spiro atoms. The van der Waals surface area contributed by atoms with Crippen molar-refractivity contribution in [2.45, 2.75) is 32.2 Å². The fourth-order valence-corrected chi connectivity index (χ4v) is 5.41. The highest BCUT2D eigenvalue weighted by Crippen LogP contribution is 2.34. The van der Waals surface area contributed by atoms with Crippen LogP contribution < -0.4 is 15.6 Å². The van der Waals surface area contributed by atoms with E-state index in [1.54, 1.807) is 30.0 Å². The van der Waals surface area contributed by atoms with Gasteiger partial charge >= 0.3 is 0 Å². The van der Waals surface area contributed by atoms with Crippen molar-refractivity contribution in [2.24, 2.45) is 0 Å². The number of rotatable bonds is 5. The van der Waals surface area contributed by atoms with E-state index < -0.39 is 22.5 Å².